The van der Waals surface area contributed by atoms with Gasteiger partial charge in [-0.15, -0.1) is 0 Å². The Morgan fingerprint density at radius 1 is 0.404 bits per heavy atom. The zero-order valence-corrected chi connectivity index (χ0v) is 28.2. The highest BCUT2D eigenvalue weighted by Gasteiger charge is 2.26. The lowest BCUT2D eigenvalue weighted by molar-refractivity contribution is 0.974. The SMILES string of the molecule is C1=C(c2ccccc2)c2c(cc(-c3nc(-c4ccc5ccccc5c4)nc(-c4ccc5ccccc5c4)n3)c3ccccc23)NC1c1ccccc1. The molecule has 9 aromatic rings. The third-order valence-electron chi connectivity index (χ3n) is 10.1. The molecule has 8 aromatic carbocycles. The van der Waals surface area contributed by atoms with Crippen LogP contribution in [-0.4, -0.2) is 15.0 Å². The van der Waals surface area contributed by atoms with Gasteiger partial charge in [0.15, 0.2) is 17.5 Å². The van der Waals surface area contributed by atoms with Crippen molar-refractivity contribution in [1.29, 1.82) is 0 Å². The summed E-state index contributed by atoms with van der Waals surface area (Å²) in [6.45, 7) is 0. The molecule has 4 heteroatoms. The lowest BCUT2D eigenvalue weighted by Crippen LogP contribution is -2.16. The second-order valence-corrected chi connectivity index (χ2v) is 13.3. The molecular weight excluding hydrogens is 633 g/mol. The van der Waals surface area contributed by atoms with Crippen LogP contribution in [0.2, 0.25) is 0 Å². The van der Waals surface area contributed by atoms with Crippen LogP contribution >= 0.6 is 0 Å². The minimum atomic E-state index is -0.0161. The molecule has 0 fully saturated rings. The predicted octanol–water partition coefficient (Wildman–Crippen LogP) is 11.9. The Balaban J connectivity index is 1.22. The molecule has 1 aliphatic heterocycles. The summed E-state index contributed by atoms with van der Waals surface area (Å²) in [5, 5.41) is 10.8. The molecule has 244 valence electrons. The highest BCUT2D eigenvalue weighted by atomic mass is 15.0. The molecule has 1 aliphatic rings. The summed E-state index contributed by atoms with van der Waals surface area (Å²) in [6, 6.07) is 61.8. The predicted molar refractivity (Wildman–Crippen MR) is 215 cm³/mol. The van der Waals surface area contributed by atoms with Gasteiger partial charge in [0.1, 0.15) is 0 Å². The molecule has 0 saturated carbocycles. The summed E-state index contributed by atoms with van der Waals surface area (Å²) in [5.41, 5.74) is 8.66. The maximum atomic E-state index is 5.26. The topological polar surface area (TPSA) is 50.7 Å². The largest absolute Gasteiger partial charge is 0.374 e. The minimum absolute atomic E-state index is 0.0161. The van der Waals surface area contributed by atoms with E-state index in [1.807, 2.05) is 0 Å². The zero-order valence-electron chi connectivity index (χ0n) is 28.2. The average Bonchev–Trinajstić information content (AvgIpc) is 3.23. The van der Waals surface area contributed by atoms with Crippen LogP contribution < -0.4 is 5.32 Å². The van der Waals surface area contributed by atoms with E-state index in [9.17, 15) is 0 Å². The zero-order chi connectivity index (χ0) is 34.4. The summed E-state index contributed by atoms with van der Waals surface area (Å²) < 4.78 is 0. The molecule has 2 heterocycles. The number of nitrogens with zero attached hydrogens (tertiary/aromatic N) is 3. The molecule has 1 atom stereocenters. The third kappa shape index (κ3) is 5.29. The molecule has 10 rings (SSSR count). The van der Waals surface area contributed by atoms with Gasteiger partial charge in [-0.2, -0.15) is 0 Å². The first kappa shape index (κ1) is 30.0. The number of hydrogen-bond acceptors (Lipinski definition) is 4. The molecule has 0 amide bonds. The standard InChI is InChI=1S/C48H32N4/c1-3-15-33(16-4-1)41-29-43(34-17-5-2-6-18-34)49-44-30-42(39-21-11-12-22-40(39)45(41)44)48-51-46(37-25-23-31-13-7-9-19-35(31)27-37)50-47(52-48)38-26-24-32-14-8-10-20-36(32)28-38/h1-30,43,49H. The van der Waals surface area contributed by atoms with E-state index >= 15 is 0 Å². The van der Waals surface area contributed by atoms with Crippen molar-refractivity contribution in [2.24, 2.45) is 0 Å². The van der Waals surface area contributed by atoms with E-state index in [1.54, 1.807) is 0 Å². The number of rotatable bonds is 5. The molecular formula is C48H32N4. The molecule has 0 radical (unpaired) electrons. The number of aromatic nitrogens is 3. The van der Waals surface area contributed by atoms with Crippen LogP contribution in [0.4, 0.5) is 5.69 Å². The highest BCUT2D eigenvalue weighted by molar-refractivity contribution is 6.09. The van der Waals surface area contributed by atoms with Gasteiger partial charge < -0.3 is 5.32 Å². The Hall–Kier alpha value is -6.91. The van der Waals surface area contributed by atoms with Crippen LogP contribution in [0.1, 0.15) is 22.7 Å². The summed E-state index contributed by atoms with van der Waals surface area (Å²) in [5.74, 6) is 1.91. The van der Waals surface area contributed by atoms with Crippen LogP contribution in [0.5, 0.6) is 0 Å². The lowest BCUT2D eigenvalue weighted by Gasteiger charge is -2.29. The van der Waals surface area contributed by atoms with Crippen molar-refractivity contribution in [3.63, 3.8) is 0 Å². The first-order valence-electron chi connectivity index (χ1n) is 17.6. The molecule has 0 saturated heterocycles. The average molecular weight is 665 g/mol. The summed E-state index contributed by atoms with van der Waals surface area (Å²) in [6.07, 6.45) is 2.36. The van der Waals surface area contributed by atoms with Crippen molar-refractivity contribution < 1.29 is 0 Å². The maximum absolute atomic E-state index is 5.26. The van der Waals surface area contributed by atoms with Crippen molar-refractivity contribution in [1.82, 2.24) is 15.0 Å². The molecule has 1 N–H and O–H groups in total. The Bertz CT molecular complexity index is 2730. The van der Waals surface area contributed by atoms with Crippen molar-refractivity contribution >= 4 is 43.6 Å². The second-order valence-electron chi connectivity index (χ2n) is 13.3. The Morgan fingerprint density at radius 3 is 1.56 bits per heavy atom. The van der Waals surface area contributed by atoms with Gasteiger partial charge in [-0.1, -0.05) is 158 Å². The smallest absolute Gasteiger partial charge is 0.164 e. The molecule has 1 unspecified atom stereocenters. The van der Waals surface area contributed by atoms with Gasteiger partial charge in [-0.05, 0) is 73.3 Å². The van der Waals surface area contributed by atoms with E-state index in [2.05, 4.69) is 187 Å². The van der Waals surface area contributed by atoms with Crippen molar-refractivity contribution in [3.8, 4) is 34.2 Å². The fourth-order valence-corrected chi connectivity index (χ4v) is 7.53. The van der Waals surface area contributed by atoms with Crippen molar-refractivity contribution in [3.05, 3.63) is 199 Å². The fourth-order valence-electron chi connectivity index (χ4n) is 7.53. The first-order valence-corrected chi connectivity index (χ1v) is 17.6. The molecule has 0 bridgehead atoms. The van der Waals surface area contributed by atoms with Gasteiger partial charge in [-0.3, -0.25) is 0 Å². The molecule has 1 aromatic heterocycles. The van der Waals surface area contributed by atoms with E-state index in [-0.39, 0.29) is 6.04 Å². The van der Waals surface area contributed by atoms with Crippen molar-refractivity contribution in [2.45, 2.75) is 6.04 Å². The summed E-state index contributed by atoms with van der Waals surface area (Å²) >= 11 is 0. The van der Waals surface area contributed by atoms with E-state index in [0.29, 0.717) is 17.5 Å². The van der Waals surface area contributed by atoms with E-state index < -0.39 is 0 Å². The number of anilines is 1. The Kier molecular flexibility index (Phi) is 7.17. The molecule has 0 spiro atoms. The number of fused-ring (bicyclic) bond motifs is 5. The molecule has 0 aliphatic carbocycles. The molecule has 4 nitrogen and oxygen atoms in total. The number of nitrogens with one attached hydrogen (secondary N) is 1. The third-order valence-corrected chi connectivity index (χ3v) is 10.1. The Morgan fingerprint density at radius 2 is 0.923 bits per heavy atom. The van der Waals surface area contributed by atoms with Crippen LogP contribution in [0.25, 0.3) is 72.1 Å². The van der Waals surface area contributed by atoms with Crippen LogP contribution in [0.3, 0.4) is 0 Å². The number of benzene rings is 8. The second kappa shape index (κ2) is 12.4. The van der Waals surface area contributed by atoms with Crippen molar-refractivity contribution in [2.75, 3.05) is 5.32 Å². The van der Waals surface area contributed by atoms with E-state index in [1.165, 1.54) is 33.0 Å². The van der Waals surface area contributed by atoms with Gasteiger partial charge in [-0.25, -0.2) is 15.0 Å². The van der Waals surface area contributed by atoms with Gasteiger partial charge in [0.05, 0.1) is 6.04 Å². The Labute approximate surface area is 301 Å². The maximum Gasteiger partial charge on any atom is 0.164 e. The van der Waals surface area contributed by atoms with Crippen LogP contribution in [0, 0.1) is 0 Å². The quantitative estimate of drug-likeness (QED) is 0.199. The minimum Gasteiger partial charge on any atom is -0.374 e. The fraction of sp³-hybridized carbons (Fsp3) is 0.0208. The lowest BCUT2D eigenvalue weighted by atomic mass is 9.85. The van der Waals surface area contributed by atoms with E-state index in [4.69, 9.17) is 15.0 Å². The highest BCUT2D eigenvalue weighted by Crippen LogP contribution is 2.45. The number of hydrogen-bond donors (Lipinski definition) is 1. The van der Waals surface area contributed by atoms with E-state index in [0.717, 1.165) is 43.9 Å². The van der Waals surface area contributed by atoms with Crippen LogP contribution in [-0.2, 0) is 0 Å². The monoisotopic (exact) mass is 664 g/mol. The van der Waals surface area contributed by atoms with Gasteiger partial charge in [0.2, 0.25) is 0 Å². The normalized spacial score (nSPS) is 13.8. The van der Waals surface area contributed by atoms with Gasteiger partial charge in [0.25, 0.3) is 0 Å². The van der Waals surface area contributed by atoms with Crippen LogP contribution in [0.15, 0.2) is 182 Å². The van der Waals surface area contributed by atoms with Gasteiger partial charge in [0, 0.05) is 27.9 Å². The van der Waals surface area contributed by atoms with Gasteiger partial charge >= 0.3 is 0 Å². The molecule has 52 heavy (non-hydrogen) atoms. The summed E-state index contributed by atoms with van der Waals surface area (Å²) in [7, 11) is 0. The summed E-state index contributed by atoms with van der Waals surface area (Å²) in [4.78, 5) is 15.7. The first-order chi connectivity index (χ1) is 25.7.